The highest BCUT2D eigenvalue weighted by Gasteiger charge is 2.22. The minimum absolute atomic E-state index is 0.00834. The lowest BCUT2D eigenvalue weighted by Gasteiger charge is -2.17. The number of aromatic amines is 1. The first-order valence-electron chi connectivity index (χ1n) is 7.56. The average Bonchev–Trinajstić information content (AvgIpc) is 2.89. The van der Waals surface area contributed by atoms with Gasteiger partial charge in [0.15, 0.2) is 5.88 Å². The molecule has 0 spiro atoms. The molecule has 2 heterocycles. The van der Waals surface area contributed by atoms with E-state index in [1.807, 2.05) is 0 Å². The number of H-pyrrole nitrogens is 1. The Hall–Kier alpha value is -2.89. The molecule has 3 N–H and O–H groups in total. The van der Waals surface area contributed by atoms with Gasteiger partial charge in [-0.05, 0) is 43.9 Å². The normalized spacial score (nSPS) is 13.9. The van der Waals surface area contributed by atoms with Crippen LogP contribution in [-0.2, 0) is 12.8 Å². The van der Waals surface area contributed by atoms with E-state index in [1.165, 1.54) is 12.4 Å². The standard InChI is InChI=1S/C17H15N3O3/c21-16-14(11-7-9(17(22)23)5-6-13(11)20-16)15-10-3-1-2-4-12(10)18-8-19-15/h5-8,20-21H,1-4H2,(H,22,23). The van der Waals surface area contributed by atoms with Crippen LogP contribution in [0.3, 0.4) is 0 Å². The maximum atomic E-state index is 11.2. The zero-order valence-electron chi connectivity index (χ0n) is 12.3. The van der Waals surface area contributed by atoms with Gasteiger partial charge in [0.2, 0.25) is 0 Å². The molecule has 6 heteroatoms. The van der Waals surface area contributed by atoms with Crippen LogP contribution >= 0.6 is 0 Å². The van der Waals surface area contributed by atoms with Crippen LogP contribution in [0.15, 0.2) is 24.5 Å². The largest absolute Gasteiger partial charge is 0.494 e. The molecule has 0 saturated heterocycles. The first-order chi connectivity index (χ1) is 11.1. The molecular weight excluding hydrogens is 294 g/mol. The van der Waals surface area contributed by atoms with Gasteiger partial charge in [-0.3, -0.25) is 0 Å². The van der Waals surface area contributed by atoms with E-state index in [1.54, 1.807) is 12.1 Å². The number of fused-ring (bicyclic) bond motifs is 2. The fraction of sp³-hybridized carbons (Fsp3) is 0.235. The number of hydrogen-bond acceptors (Lipinski definition) is 4. The van der Waals surface area contributed by atoms with Crippen LogP contribution in [0.2, 0.25) is 0 Å². The third-order valence-electron chi connectivity index (χ3n) is 4.39. The number of carbonyl (C=O) groups is 1. The Labute approximate surface area is 131 Å². The van der Waals surface area contributed by atoms with E-state index in [9.17, 15) is 15.0 Å². The fourth-order valence-corrected chi connectivity index (χ4v) is 3.29. The molecule has 23 heavy (non-hydrogen) atoms. The number of nitrogens with zero attached hydrogens (tertiary/aromatic N) is 2. The van der Waals surface area contributed by atoms with Crippen molar-refractivity contribution in [2.45, 2.75) is 25.7 Å². The summed E-state index contributed by atoms with van der Waals surface area (Å²) in [4.78, 5) is 22.9. The number of aryl methyl sites for hydroxylation is 1. The van der Waals surface area contributed by atoms with Crippen molar-refractivity contribution in [3.63, 3.8) is 0 Å². The molecule has 0 atom stereocenters. The molecule has 0 amide bonds. The molecule has 1 aliphatic carbocycles. The van der Waals surface area contributed by atoms with E-state index in [0.717, 1.165) is 36.9 Å². The van der Waals surface area contributed by atoms with Gasteiger partial charge >= 0.3 is 5.97 Å². The van der Waals surface area contributed by atoms with Gasteiger partial charge in [0.25, 0.3) is 0 Å². The maximum absolute atomic E-state index is 11.2. The molecule has 0 fully saturated rings. The Balaban J connectivity index is 2.00. The zero-order chi connectivity index (χ0) is 16.0. The number of hydrogen-bond donors (Lipinski definition) is 3. The molecule has 1 aromatic carbocycles. The summed E-state index contributed by atoms with van der Waals surface area (Å²) in [7, 11) is 0. The van der Waals surface area contributed by atoms with E-state index < -0.39 is 5.97 Å². The van der Waals surface area contributed by atoms with Gasteiger partial charge in [0, 0.05) is 22.2 Å². The third-order valence-corrected chi connectivity index (χ3v) is 4.39. The van der Waals surface area contributed by atoms with Gasteiger partial charge in [0.05, 0.1) is 16.8 Å². The molecule has 2 aromatic heterocycles. The summed E-state index contributed by atoms with van der Waals surface area (Å²) in [6.07, 6.45) is 5.47. The number of carboxylic acids is 1. The van der Waals surface area contributed by atoms with Crippen molar-refractivity contribution in [2.24, 2.45) is 0 Å². The third kappa shape index (κ3) is 2.14. The Morgan fingerprint density at radius 3 is 2.83 bits per heavy atom. The second-order valence-electron chi connectivity index (χ2n) is 5.77. The van der Waals surface area contributed by atoms with Crippen LogP contribution in [0.1, 0.15) is 34.5 Å². The van der Waals surface area contributed by atoms with Crippen molar-refractivity contribution >= 4 is 16.9 Å². The second kappa shape index (κ2) is 5.08. The molecule has 0 bridgehead atoms. The van der Waals surface area contributed by atoms with Gasteiger partial charge in [-0.15, -0.1) is 0 Å². The molecule has 3 aromatic rings. The number of carboxylic acid groups (broad SMARTS) is 1. The Morgan fingerprint density at radius 2 is 2.00 bits per heavy atom. The first kappa shape index (κ1) is 13.8. The van der Waals surface area contributed by atoms with E-state index in [2.05, 4.69) is 15.0 Å². The fourth-order valence-electron chi connectivity index (χ4n) is 3.29. The zero-order valence-corrected chi connectivity index (χ0v) is 12.3. The summed E-state index contributed by atoms with van der Waals surface area (Å²) in [6.45, 7) is 0. The summed E-state index contributed by atoms with van der Waals surface area (Å²) in [5.74, 6) is -0.989. The van der Waals surface area contributed by atoms with Gasteiger partial charge < -0.3 is 15.2 Å². The molecule has 0 saturated carbocycles. The number of aromatic hydroxyl groups is 1. The van der Waals surface area contributed by atoms with E-state index in [0.29, 0.717) is 22.2 Å². The van der Waals surface area contributed by atoms with Crippen LogP contribution < -0.4 is 0 Å². The number of rotatable bonds is 2. The van der Waals surface area contributed by atoms with Gasteiger partial charge in [-0.25, -0.2) is 14.8 Å². The Bertz CT molecular complexity index is 930. The summed E-state index contributed by atoms with van der Waals surface area (Å²) in [5.41, 5.74) is 4.19. The number of benzene rings is 1. The molecule has 0 radical (unpaired) electrons. The molecule has 1 aliphatic rings. The van der Waals surface area contributed by atoms with Gasteiger partial charge in [0.1, 0.15) is 6.33 Å². The minimum Gasteiger partial charge on any atom is -0.494 e. The van der Waals surface area contributed by atoms with Crippen LogP contribution in [0.4, 0.5) is 0 Å². The van der Waals surface area contributed by atoms with Crippen molar-refractivity contribution < 1.29 is 15.0 Å². The van der Waals surface area contributed by atoms with Crippen molar-refractivity contribution in [3.05, 3.63) is 41.3 Å². The van der Waals surface area contributed by atoms with Gasteiger partial charge in [-0.2, -0.15) is 0 Å². The van der Waals surface area contributed by atoms with Crippen LogP contribution in [0.5, 0.6) is 5.88 Å². The van der Waals surface area contributed by atoms with Crippen molar-refractivity contribution in [1.29, 1.82) is 0 Å². The molecular formula is C17H15N3O3. The number of aromatic nitrogens is 3. The topological polar surface area (TPSA) is 99.1 Å². The van der Waals surface area contributed by atoms with Gasteiger partial charge in [-0.1, -0.05) is 0 Å². The minimum atomic E-state index is -0.997. The highest BCUT2D eigenvalue weighted by atomic mass is 16.4. The molecule has 0 aliphatic heterocycles. The van der Waals surface area contributed by atoms with E-state index in [4.69, 9.17) is 0 Å². The maximum Gasteiger partial charge on any atom is 0.335 e. The van der Waals surface area contributed by atoms with Crippen LogP contribution in [0.25, 0.3) is 22.2 Å². The molecule has 4 rings (SSSR count). The lowest BCUT2D eigenvalue weighted by Crippen LogP contribution is -2.08. The number of nitrogens with one attached hydrogen (secondary N) is 1. The quantitative estimate of drug-likeness (QED) is 0.676. The predicted octanol–water partition coefficient (Wildman–Crippen LogP) is 2.91. The molecule has 0 unspecified atom stereocenters. The summed E-state index contributed by atoms with van der Waals surface area (Å²) >= 11 is 0. The highest BCUT2D eigenvalue weighted by molar-refractivity contribution is 6.02. The van der Waals surface area contributed by atoms with E-state index >= 15 is 0 Å². The summed E-state index contributed by atoms with van der Waals surface area (Å²) < 4.78 is 0. The average molecular weight is 309 g/mol. The lowest BCUT2D eigenvalue weighted by molar-refractivity contribution is 0.0697. The smallest absolute Gasteiger partial charge is 0.335 e. The predicted molar refractivity (Wildman–Crippen MR) is 84.6 cm³/mol. The first-order valence-corrected chi connectivity index (χ1v) is 7.56. The highest BCUT2D eigenvalue weighted by Crippen LogP contribution is 2.39. The molecule has 6 nitrogen and oxygen atoms in total. The lowest BCUT2D eigenvalue weighted by atomic mass is 9.92. The van der Waals surface area contributed by atoms with Crippen molar-refractivity contribution in [1.82, 2.24) is 15.0 Å². The molecule has 116 valence electrons. The summed E-state index contributed by atoms with van der Waals surface area (Å²) in [6, 6.07) is 4.75. The summed E-state index contributed by atoms with van der Waals surface area (Å²) in [5, 5.41) is 20.2. The van der Waals surface area contributed by atoms with Crippen molar-refractivity contribution in [2.75, 3.05) is 0 Å². The second-order valence-corrected chi connectivity index (χ2v) is 5.77. The van der Waals surface area contributed by atoms with E-state index in [-0.39, 0.29) is 11.4 Å². The SMILES string of the molecule is O=C(O)c1ccc2[nH]c(O)c(-c3ncnc4c3CCCC4)c2c1. The number of aromatic carboxylic acids is 1. The Morgan fingerprint density at radius 1 is 1.17 bits per heavy atom. The monoisotopic (exact) mass is 309 g/mol. The van der Waals surface area contributed by atoms with Crippen LogP contribution in [0, 0.1) is 0 Å². The van der Waals surface area contributed by atoms with Crippen LogP contribution in [-0.4, -0.2) is 31.1 Å². The van der Waals surface area contributed by atoms with Crippen molar-refractivity contribution in [3.8, 4) is 17.1 Å². The Kier molecular flexibility index (Phi) is 3.04.